The topological polar surface area (TPSA) is 155 Å². The van der Waals surface area contributed by atoms with Gasteiger partial charge in [-0.25, -0.2) is 0 Å². The minimum Gasteiger partial charge on any atom is -0.867 e. The van der Waals surface area contributed by atoms with Gasteiger partial charge in [-0.15, -0.1) is 0 Å². The molecule has 2 aromatic carbocycles. The smallest absolute Gasteiger partial charge is 0.269 e. The van der Waals surface area contributed by atoms with Crippen LogP contribution in [0.3, 0.4) is 0 Å². The van der Waals surface area contributed by atoms with Crippen LogP contribution in [0.1, 0.15) is 15.9 Å². The Kier molecular flexibility index (Phi) is 9.84. The van der Waals surface area contributed by atoms with Crippen LogP contribution in [0, 0.1) is 10.1 Å². The molecular formula is C23H24N3O8S-. The molecule has 0 amide bonds. The van der Waals surface area contributed by atoms with Gasteiger partial charge in [0.05, 0.1) is 26.3 Å². The number of hydrogen-bond donors (Lipinski definition) is 3. The van der Waals surface area contributed by atoms with Crippen molar-refractivity contribution in [1.82, 2.24) is 10.6 Å². The van der Waals surface area contributed by atoms with Gasteiger partial charge in [-0.1, -0.05) is 6.07 Å². The average molecular weight is 503 g/mol. The van der Waals surface area contributed by atoms with Gasteiger partial charge in [0.15, 0.2) is 22.4 Å². The molecule has 0 aliphatic carbocycles. The molecule has 2 aromatic rings. The van der Waals surface area contributed by atoms with Crippen LogP contribution in [0.5, 0.6) is 11.5 Å². The minimum atomic E-state index is -1.09. The van der Waals surface area contributed by atoms with Crippen molar-refractivity contribution in [1.29, 1.82) is 0 Å². The highest BCUT2D eigenvalue weighted by Gasteiger charge is 2.17. The molecule has 2 rings (SSSR count). The molecule has 0 aliphatic rings. The summed E-state index contributed by atoms with van der Waals surface area (Å²) in [6.07, 6.45) is 1.62. The van der Waals surface area contributed by atoms with Gasteiger partial charge >= 0.3 is 0 Å². The summed E-state index contributed by atoms with van der Waals surface area (Å²) >= 11 is 5.20. The van der Waals surface area contributed by atoms with Crippen LogP contribution in [-0.2, 0) is 11.2 Å². The van der Waals surface area contributed by atoms with E-state index < -0.39 is 28.0 Å². The zero-order valence-corrected chi connectivity index (χ0v) is 20.0. The quantitative estimate of drug-likeness (QED) is 0.0787. The largest absolute Gasteiger partial charge is 0.867 e. The number of allylic oxidation sites excluding steroid dienone is 1. The Bertz CT molecular complexity index is 1150. The number of benzene rings is 2. The summed E-state index contributed by atoms with van der Waals surface area (Å²) in [5, 5.41) is 38.7. The molecule has 3 N–H and O–H groups in total. The van der Waals surface area contributed by atoms with E-state index in [1.54, 1.807) is 20.3 Å². The molecule has 0 unspecified atom stereocenters. The standard InChI is InChI=1S/C23H25N3O8S/c1-32-18-9-4-14(12-19(18)33-2)10-11-24-23(35)25-13-17(21(28)22(29)34-3)20(27)15-5-7-16(8-6-15)26(30)31/h4-9,12-13,28-29H,10-11H2,1-3H3,(H2,24,25,35)/p-1. The number of methoxy groups -OCH3 is 3. The highest BCUT2D eigenvalue weighted by atomic mass is 32.1. The van der Waals surface area contributed by atoms with Crippen molar-refractivity contribution in [2.24, 2.45) is 0 Å². The number of nitrogens with one attached hydrogen (secondary N) is 2. The molecule has 0 saturated carbocycles. The monoisotopic (exact) mass is 502 g/mol. The Hall–Kier alpha value is -4.32. The molecule has 0 bridgehead atoms. The molecule has 0 aliphatic heterocycles. The van der Waals surface area contributed by atoms with Gasteiger partial charge in [0.1, 0.15) is 0 Å². The summed E-state index contributed by atoms with van der Waals surface area (Å²) in [5.41, 5.74) is 0.246. The molecule has 0 radical (unpaired) electrons. The number of nitro benzene ring substituents is 1. The number of ketones is 1. The number of carbonyl (C=O) groups excluding carboxylic acids is 1. The molecule has 11 nitrogen and oxygen atoms in total. The van der Waals surface area contributed by atoms with Crippen LogP contribution < -0.4 is 25.2 Å². The maximum atomic E-state index is 12.8. The first-order valence-corrected chi connectivity index (χ1v) is 10.5. The van der Waals surface area contributed by atoms with E-state index in [0.717, 1.165) is 31.0 Å². The van der Waals surface area contributed by atoms with Crippen molar-refractivity contribution in [2.75, 3.05) is 27.9 Å². The minimum absolute atomic E-state index is 0.00627. The van der Waals surface area contributed by atoms with Crippen LogP contribution in [0.2, 0.25) is 0 Å². The highest BCUT2D eigenvalue weighted by molar-refractivity contribution is 7.80. The van der Waals surface area contributed by atoms with E-state index >= 15 is 0 Å². The van der Waals surface area contributed by atoms with Crippen LogP contribution in [0.25, 0.3) is 0 Å². The lowest BCUT2D eigenvalue weighted by Gasteiger charge is -2.17. The van der Waals surface area contributed by atoms with Crippen molar-refractivity contribution < 1.29 is 34.1 Å². The lowest BCUT2D eigenvalue weighted by atomic mass is 10.0. The van der Waals surface area contributed by atoms with Crippen molar-refractivity contribution in [3.05, 3.63) is 87.2 Å². The van der Waals surface area contributed by atoms with Crippen LogP contribution in [0.15, 0.2) is 65.9 Å². The van der Waals surface area contributed by atoms with E-state index in [-0.39, 0.29) is 16.4 Å². The Morgan fingerprint density at radius 3 is 2.34 bits per heavy atom. The normalized spacial score (nSPS) is 11.7. The second-order valence-corrected chi connectivity index (χ2v) is 7.28. The summed E-state index contributed by atoms with van der Waals surface area (Å²) in [7, 11) is 4.15. The molecular weight excluding hydrogens is 478 g/mol. The molecule has 35 heavy (non-hydrogen) atoms. The molecule has 0 aromatic heterocycles. The maximum absolute atomic E-state index is 12.8. The number of aliphatic hydroxyl groups is 1. The van der Waals surface area contributed by atoms with Gasteiger partial charge in [0, 0.05) is 36.0 Å². The first-order chi connectivity index (χ1) is 16.7. The van der Waals surface area contributed by atoms with Gasteiger partial charge in [-0.2, -0.15) is 0 Å². The zero-order chi connectivity index (χ0) is 26.0. The third-order valence-electron chi connectivity index (χ3n) is 4.71. The molecule has 186 valence electrons. The molecule has 0 atom stereocenters. The van der Waals surface area contributed by atoms with Crippen molar-refractivity contribution in [3.8, 4) is 11.5 Å². The van der Waals surface area contributed by atoms with E-state index in [0.29, 0.717) is 24.5 Å². The number of hydrogen-bond acceptors (Lipinski definition) is 9. The van der Waals surface area contributed by atoms with Gasteiger partial charge in [-0.05, 0) is 54.2 Å². The lowest BCUT2D eigenvalue weighted by Crippen LogP contribution is -2.34. The fourth-order valence-electron chi connectivity index (χ4n) is 2.88. The number of non-ortho nitro benzene ring substituents is 1. The van der Waals surface area contributed by atoms with Gasteiger partial charge in [0.2, 0.25) is 0 Å². The number of ether oxygens (including phenoxy) is 3. The fourth-order valence-corrected chi connectivity index (χ4v) is 3.04. The fraction of sp³-hybridized carbons (Fsp3) is 0.217. The summed E-state index contributed by atoms with van der Waals surface area (Å²) in [5.74, 6) is -1.68. The zero-order valence-electron chi connectivity index (χ0n) is 19.2. The van der Waals surface area contributed by atoms with E-state index in [9.17, 15) is 25.1 Å². The maximum Gasteiger partial charge on any atom is 0.269 e. The van der Waals surface area contributed by atoms with Gasteiger partial charge < -0.3 is 35.1 Å². The van der Waals surface area contributed by atoms with E-state index in [1.807, 2.05) is 12.1 Å². The number of aliphatic hydroxyl groups excluding tert-OH is 1. The third-order valence-corrected chi connectivity index (χ3v) is 4.97. The Labute approximate surface area is 206 Å². The SMILES string of the molecule is COC(O)=C([O-])C(=CNC(=S)NCCc1ccc(OC)c(OC)c1)C(=O)c1ccc([N+](=O)[O-])cc1. The Balaban J connectivity index is 2.11. The summed E-state index contributed by atoms with van der Waals surface area (Å²) in [6.45, 7) is 0.421. The first kappa shape index (κ1) is 26.9. The van der Waals surface area contributed by atoms with Crippen molar-refractivity contribution >= 4 is 28.8 Å². The summed E-state index contributed by atoms with van der Waals surface area (Å²) < 4.78 is 15.0. The second-order valence-electron chi connectivity index (χ2n) is 6.87. The summed E-state index contributed by atoms with van der Waals surface area (Å²) in [6, 6.07) is 10.2. The Morgan fingerprint density at radius 2 is 1.77 bits per heavy atom. The first-order valence-electron chi connectivity index (χ1n) is 10.1. The predicted octanol–water partition coefficient (Wildman–Crippen LogP) is 2.12. The predicted molar refractivity (Wildman–Crippen MR) is 129 cm³/mol. The lowest BCUT2D eigenvalue weighted by molar-refractivity contribution is -0.384. The second kappa shape index (κ2) is 12.8. The van der Waals surface area contributed by atoms with Crippen LogP contribution in [-0.4, -0.2) is 48.8 Å². The van der Waals surface area contributed by atoms with E-state index in [2.05, 4.69) is 15.4 Å². The number of nitro groups is 1. The van der Waals surface area contributed by atoms with Crippen LogP contribution in [0.4, 0.5) is 5.69 Å². The highest BCUT2D eigenvalue weighted by Crippen LogP contribution is 2.27. The third kappa shape index (κ3) is 7.33. The summed E-state index contributed by atoms with van der Waals surface area (Å²) in [4.78, 5) is 23.1. The van der Waals surface area contributed by atoms with E-state index in [1.165, 1.54) is 12.1 Å². The number of thiocarbonyl (C=S) groups is 1. The number of nitrogens with zero attached hydrogens (tertiary/aromatic N) is 1. The molecule has 12 heteroatoms. The molecule has 0 heterocycles. The number of rotatable bonds is 11. The van der Waals surface area contributed by atoms with Crippen LogP contribution >= 0.6 is 12.2 Å². The van der Waals surface area contributed by atoms with Gasteiger partial charge in [-0.3, -0.25) is 14.9 Å². The Morgan fingerprint density at radius 1 is 1.11 bits per heavy atom. The number of Topliss-reactive ketones (excluding diaryl/α,β-unsaturated/α-hetero) is 1. The molecule has 0 saturated heterocycles. The van der Waals surface area contributed by atoms with E-state index in [4.69, 9.17) is 21.7 Å². The molecule has 0 spiro atoms. The average Bonchev–Trinajstić information content (AvgIpc) is 2.87. The molecule has 0 fully saturated rings. The van der Waals surface area contributed by atoms with Crippen molar-refractivity contribution in [2.45, 2.75) is 6.42 Å². The van der Waals surface area contributed by atoms with Crippen molar-refractivity contribution in [3.63, 3.8) is 0 Å². The van der Waals surface area contributed by atoms with Gasteiger partial charge in [0.25, 0.3) is 11.6 Å². The number of carbonyl (C=O) groups is 1.